The highest BCUT2D eigenvalue weighted by Gasteiger charge is 2.24. The van der Waals surface area contributed by atoms with Gasteiger partial charge in [0.2, 0.25) is 5.88 Å². The highest BCUT2D eigenvalue weighted by molar-refractivity contribution is 9.10. The van der Waals surface area contributed by atoms with Crippen LogP contribution in [0.5, 0.6) is 0 Å². The van der Waals surface area contributed by atoms with Crippen LogP contribution in [0.15, 0.2) is 9.13 Å². The maximum atomic E-state index is 5.63. The molecule has 0 radical (unpaired) electrons. The quantitative estimate of drug-likeness (QED) is 0.826. The molecular weight excluding hydrogens is 236 g/mol. The van der Waals surface area contributed by atoms with Gasteiger partial charge in [0.25, 0.3) is 0 Å². The molecule has 1 aliphatic rings. The molecule has 0 amide bonds. The molecular formula is C8H11BrN2O2. The van der Waals surface area contributed by atoms with Crippen LogP contribution in [0.3, 0.4) is 0 Å². The van der Waals surface area contributed by atoms with Gasteiger partial charge in [-0.3, -0.25) is 0 Å². The first-order valence-electron chi connectivity index (χ1n) is 4.31. The van der Waals surface area contributed by atoms with Gasteiger partial charge in [-0.2, -0.15) is 0 Å². The highest BCUT2D eigenvalue weighted by atomic mass is 79.9. The summed E-state index contributed by atoms with van der Waals surface area (Å²) in [6.07, 6.45) is 3.33. The van der Waals surface area contributed by atoms with Crippen LogP contribution in [0, 0.1) is 0 Å². The van der Waals surface area contributed by atoms with Gasteiger partial charge in [-0.1, -0.05) is 5.16 Å². The van der Waals surface area contributed by atoms with Gasteiger partial charge in [0.1, 0.15) is 0 Å². The van der Waals surface area contributed by atoms with Gasteiger partial charge < -0.3 is 15.0 Å². The van der Waals surface area contributed by atoms with Crippen molar-refractivity contribution in [1.82, 2.24) is 5.16 Å². The second-order valence-electron chi connectivity index (χ2n) is 3.11. The lowest BCUT2D eigenvalue weighted by molar-refractivity contribution is 0.0148. The van der Waals surface area contributed by atoms with Crippen LogP contribution < -0.4 is 5.73 Å². The highest BCUT2D eigenvalue weighted by Crippen LogP contribution is 2.35. The summed E-state index contributed by atoms with van der Waals surface area (Å²) in [5.41, 5.74) is 6.49. The van der Waals surface area contributed by atoms with Crippen molar-refractivity contribution >= 4 is 21.8 Å². The predicted molar refractivity (Wildman–Crippen MR) is 51.2 cm³/mol. The molecule has 2 heterocycles. The fourth-order valence-corrected chi connectivity index (χ4v) is 2.07. The molecule has 0 aliphatic carbocycles. The van der Waals surface area contributed by atoms with Crippen molar-refractivity contribution in [3.05, 3.63) is 10.2 Å². The van der Waals surface area contributed by atoms with E-state index in [1.165, 1.54) is 6.42 Å². The number of halogens is 1. The first kappa shape index (κ1) is 9.02. The molecule has 1 aromatic heterocycles. The molecule has 2 rings (SSSR count). The first-order chi connectivity index (χ1) is 6.29. The Morgan fingerprint density at radius 2 is 2.31 bits per heavy atom. The summed E-state index contributed by atoms with van der Waals surface area (Å²) >= 11 is 3.29. The monoisotopic (exact) mass is 246 g/mol. The topological polar surface area (TPSA) is 61.3 Å². The van der Waals surface area contributed by atoms with Crippen molar-refractivity contribution in [2.45, 2.75) is 25.4 Å². The van der Waals surface area contributed by atoms with E-state index in [0.29, 0.717) is 10.5 Å². The summed E-state index contributed by atoms with van der Waals surface area (Å²) in [7, 11) is 0. The van der Waals surface area contributed by atoms with Crippen molar-refractivity contribution < 1.29 is 9.26 Å². The molecule has 5 heteroatoms. The van der Waals surface area contributed by atoms with Crippen LogP contribution in [0.2, 0.25) is 0 Å². The van der Waals surface area contributed by atoms with E-state index in [-0.39, 0.29) is 6.10 Å². The minimum absolute atomic E-state index is 0.0503. The molecule has 1 aliphatic heterocycles. The summed E-state index contributed by atoms with van der Waals surface area (Å²) in [5.74, 6) is 0.360. The van der Waals surface area contributed by atoms with Gasteiger partial charge in [0.15, 0.2) is 4.60 Å². The molecule has 0 aromatic carbocycles. The Morgan fingerprint density at radius 1 is 1.46 bits per heavy atom. The predicted octanol–water partition coefficient (Wildman–Crippen LogP) is 2.26. The van der Waals surface area contributed by atoms with Gasteiger partial charge in [-0.05, 0) is 35.2 Å². The van der Waals surface area contributed by atoms with E-state index in [0.717, 1.165) is 25.0 Å². The Balaban J connectivity index is 2.22. The van der Waals surface area contributed by atoms with Gasteiger partial charge in [0.05, 0.1) is 11.7 Å². The lowest BCUT2D eigenvalue weighted by Gasteiger charge is -2.21. The minimum Gasteiger partial charge on any atom is -0.373 e. The molecule has 1 saturated heterocycles. The summed E-state index contributed by atoms with van der Waals surface area (Å²) in [6.45, 7) is 0.793. The number of anilines is 1. The van der Waals surface area contributed by atoms with Crippen LogP contribution in [-0.4, -0.2) is 11.8 Å². The summed E-state index contributed by atoms with van der Waals surface area (Å²) in [4.78, 5) is 0. The number of nitrogens with two attached hydrogens (primary N) is 1. The molecule has 2 N–H and O–H groups in total. The Hall–Kier alpha value is -0.550. The summed E-state index contributed by atoms with van der Waals surface area (Å²) in [6, 6.07) is 0. The normalized spacial score (nSPS) is 23.3. The zero-order chi connectivity index (χ0) is 9.26. The van der Waals surface area contributed by atoms with Crippen molar-refractivity contribution in [3.8, 4) is 0 Å². The smallest absolute Gasteiger partial charge is 0.229 e. The van der Waals surface area contributed by atoms with Crippen molar-refractivity contribution in [2.24, 2.45) is 0 Å². The Morgan fingerprint density at radius 3 is 2.85 bits per heavy atom. The van der Waals surface area contributed by atoms with Crippen molar-refractivity contribution in [3.63, 3.8) is 0 Å². The van der Waals surface area contributed by atoms with Crippen LogP contribution >= 0.6 is 15.9 Å². The lowest BCUT2D eigenvalue weighted by Crippen LogP contribution is -2.12. The SMILES string of the molecule is Nc1onc(Br)c1C1CCCCO1. The molecule has 13 heavy (non-hydrogen) atoms. The number of aromatic nitrogens is 1. The van der Waals surface area contributed by atoms with Crippen molar-refractivity contribution in [1.29, 1.82) is 0 Å². The van der Waals surface area contributed by atoms with Crippen LogP contribution in [0.4, 0.5) is 5.88 Å². The van der Waals surface area contributed by atoms with Gasteiger partial charge >= 0.3 is 0 Å². The van der Waals surface area contributed by atoms with E-state index >= 15 is 0 Å². The third kappa shape index (κ3) is 1.71. The number of ether oxygens (including phenoxy) is 1. The third-order valence-electron chi connectivity index (χ3n) is 2.21. The zero-order valence-corrected chi connectivity index (χ0v) is 8.71. The van der Waals surface area contributed by atoms with Crippen LogP contribution in [0.1, 0.15) is 30.9 Å². The standard InChI is InChI=1S/C8H11BrN2O2/c9-7-6(8(10)13-11-7)5-3-1-2-4-12-5/h5H,1-4,10H2. The van der Waals surface area contributed by atoms with E-state index in [1.807, 2.05) is 0 Å². The van der Waals surface area contributed by atoms with Gasteiger partial charge in [-0.15, -0.1) is 0 Å². The van der Waals surface area contributed by atoms with Crippen molar-refractivity contribution in [2.75, 3.05) is 12.3 Å². The molecule has 72 valence electrons. The van der Waals surface area contributed by atoms with E-state index in [9.17, 15) is 0 Å². The molecule has 1 unspecified atom stereocenters. The van der Waals surface area contributed by atoms with E-state index in [4.69, 9.17) is 15.0 Å². The Labute approximate surface area is 84.5 Å². The van der Waals surface area contributed by atoms with Crippen LogP contribution in [-0.2, 0) is 4.74 Å². The molecule has 0 saturated carbocycles. The van der Waals surface area contributed by atoms with E-state index < -0.39 is 0 Å². The first-order valence-corrected chi connectivity index (χ1v) is 5.10. The minimum atomic E-state index is 0.0503. The molecule has 1 aromatic rings. The van der Waals surface area contributed by atoms with Gasteiger partial charge in [-0.25, -0.2) is 0 Å². The largest absolute Gasteiger partial charge is 0.373 e. The second-order valence-corrected chi connectivity index (χ2v) is 3.86. The molecule has 1 atom stereocenters. The fourth-order valence-electron chi connectivity index (χ4n) is 1.55. The zero-order valence-electron chi connectivity index (χ0n) is 7.12. The number of nitrogen functional groups attached to an aromatic ring is 1. The fraction of sp³-hybridized carbons (Fsp3) is 0.625. The molecule has 0 spiro atoms. The average molecular weight is 247 g/mol. The van der Waals surface area contributed by atoms with Gasteiger partial charge in [0, 0.05) is 6.61 Å². The maximum Gasteiger partial charge on any atom is 0.229 e. The van der Waals surface area contributed by atoms with E-state index in [2.05, 4.69) is 21.1 Å². The number of nitrogens with zero attached hydrogens (tertiary/aromatic N) is 1. The summed E-state index contributed by atoms with van der Waals surface area (Å²) < 4.78 is 11.1. The van der Waals surface area contributed by atoms with E-state index in [1.54, 1.807) is 0 Å². The molecule has 4 nitrogen and oxygen atoms in total. The molecule has 1 fully saturated rings. The number of rotatable bonds is 1. The average Bonchev–Trinajstić information content (AvgIpc) is 2.48. The number of hydrogen-bond acceptors (Lipinski definition) is 4. The third-order valence-corrected chi connectivity index (χ3v) is 2.79. The molecule has 0 bridgehead atoms. The Kier molecular flexibility index (Phi) is 2.55. The second kappa shape index (κ2) is 3.67. The van der Waals surface area contributed by atoms with Crippen LogP contribution in [0.25, 0.3) is 0 Å². The Bertz CT molecular complexity index is 275. The number of hydrogen-bond donors (Lipinski definition) is 1. The maximum absolute atomic E-state index is 5.63. The lowest BCUT2D eigenvalue weighted by atomic mass is 10.0. The summed E-state index contributed by atoms with van der Waals surface area (Å²) in [5, 5.41) is 3.73.